The summed E-state index contributed by atoms with van der Waals surface area (Å²) in [7, 11) is 0. The fourth-order valence-electron chi connectivity index (χ4n) is 1.58. The molecule has 0 radical (unpaired) electrons. The molecule has 0 aliphatic rings. The van der Waals surface area contributed by atoms with Crippen LogP contribution in [0.4, 0.5) is 5.82 Å². The van der Waals surface area contributed by atoms with Crippen molar-refractivity contribution in [3.63, 3.8) is 0 Å². The van der Waals surface area contributed by atoms with E-state index in [9.17, 15) is 0 Å². The van der Waals surface area contributed by atoms with Gasteiger partial charge in [0.15, 0.2) is 11.5 Å². The second kappa shape index (κ2) is 5.96. The summed E-state index contributed by atoms with van der Waals surface area (Å²) in [4.78, 5) is 0. The van der Waals surface area contributed by atoms with Crippen molar-refractivity contribution in [3.05, 3.63) is 41.1 Å². The molecule has 2 aromatic rings. The Hall–Kier alpha value is -2.70. The fraction of sp³-hybridized carbons (Fsp3) is 0.231. The third-order valence-electron chi connectivity index (χ3n) is 2.78. The number of nitrogen functional groups attached to an aromatic ring is 1. The van der Waals surface area contributed by atoms with Crippen molar-refractivity contribution >= 4 is 17.9 Å². The van der Waals surface area contributed by atoms with Crippen LogP contribution in [0.15, 0.2) is 34.0 Å². The molecule has 0 amide bonds. The third kappa shape index (κ3) is 3.19. The molecule has 0 saturated heterocycles. The standard InChI is InChI=1S/C13H16N6O/c1-8(2)10-5-3-9(4-6-10)7-16-17-12(14)11-13(15)19-20-18-11/h3-8H,1-2H3,(H2,14,17)(H2,15,19)/p+1. The predicted octanol–water partition coefficient (Wildman–Crippen LogP) is -0.405. The van der Waals surface area contributed by atoms with Gasteiger partial charge in [-0.2, -0.15) is 0 Å². The first-order chi connectivity index (χ1) is 9.58. The fourth-order valence-corrected chi connectivity index (χ4v) is 1.58. The molecule has 0 atom stereocenters. The van der Waals surface area contributed by atoms with Crippen molar-refractivity contribution in [3.8, 4) is 0 Å². The summed E-state index contributed by atoms with van der Waals surface area (Å²) in [5, 5.41) is 13.6. The maximum Gasteiger partial charge on any atom is 0.224 e. The number of nitrogens with zero attached hydrogens (tertiary/aromatic N) is 3. The smallest absolute Gasteiger partial charge is 0.224 e. The lowest BCUT2D eigenvalue weighted by molar-refractivity contribution is -0.456. The predicted molar refractivity (Wildman–Crippen MR) is 76.1 cm³/mol. The van der Waals surface area contributed by atoms with Gasteiger partial charge in [0.05, 0.1) is 0 Å². The highest BCUT2D eigenvalue weighted by Crippen LogP contribution is 2.13. The van der Waals surface area contributed by atoms with Crippen LogP contribution in [0.5, 0.6) is 0 Å². The van der Waals surface area contributed by atoms with Gasteiger partial charge in [0, 0.05) is 10.7 Å². The summed E-state index contributed by atoms with van der Waals surface area (Å²) in [6, 6.07) is 8.15. The minimum absolute atomic E-state index is 0.106. The lowest BCUT2D eigenvalue weighted by Gasteiger charge is -2.03. The zero-order chi connectivity index (χ0) is 14.5. The normalized spacial score (nSPS) is 12.4. The summed E-state index contributed by atoms with van der Waals surface area (Å²) in [6.07, 6.45) is 1.72. The molecule has 0 aliphatic carbocycles. The van der Waals surface area contributed by atoms with Gasteiger partial charge in [0.1, 0.15) is 0 Å². The van der Waals surface area contributed by atoms with Crippen molar-refractivity contribution in [1.82, 2.24) is 10.3 Å². The molecule has 0 aliphatic heterocycles. The van der Waals surface area contributed by atoms with Crippen LogP contribution < -0.4 is 16.6 Å². The molecular weight excluding hydrogens is 256 g/mol. The minimum atomic E-state index is 0.106. The number of anilines is 1. The maximum atomic E-state index is 5.69. The molecule has 0 fully saturated rings. The summed E-state index contributed by atoms with van der Waals surface area (Å²) < 4.78 is 4.44. The molecule has 1 heterocycles. The molecule has 2 rings (SSSR count). The van der Waals surface area contributed by atoms with Crippen molar-refractivity contribution in [2.45, 2.75) is 19.8 Å². The van der Waals surface area contributed by atoms with Gasteiger partial charge in [-0.25, -0.2) is 4.63 Å². The van der Waals surface area contributed by atoms with E-state index in [1.807, 2.05) is 12.1 Å². The highest BCUT2D eigenvalue weighted by Gasteiger charge is 2.11. The van der Waals surface area contributed by atoms with Crippen LogP contribution in [0.2, 0.25) is 0 Å². The Balaban J connectivity index is 2.08. The topological polar surface area (TPSA) is 117 Å². The quantitative estimate of drug-likeness (QED) is 0.398. The van der Waals surface area contributed by atoms with Crippen molar-refractivity contribution in [1.29, 1.82) is 0 Å². The van der Waals surface area contributed by atoms with Crippen molar-refractivity contribution in [2.24, 2.45) is 10.8 Å². The van der Waals surface area contributed by atoms with Crippen LogP contribution in [0, 0.1) is 0 Å². The molecule has 0 bridgehead atoms. The largest absolute Gasteiger partial charge is 0.379 e. The Morgan fingerprint density at radius 1 is 1.30 bits per heavy atom. The van der Waals surface area contributed by atoms with E-state index in [0.29, 0.717) is 5.92 Å². The van der Waals surface area contributed by atoms with Crippen LogP contribution >= 0.6 is 0 Å². The van der Waals surface area contributed by atoms with E-state index >= 15 is 0 Å². The van der Waals surface area contributed by atoms with E-state index in [1.165, 1.54) is 5.56 Å². The molecule has 104 valence electrons. The van der Waals surface area contributed by atoms with Gasteiger partial charge < -0.3 is 11.5 Å². The van der Waals surface area contributed by atoms with Crippen LogP contribution in [0.1, 0.15) is 36.6 Å². The minimum Gasteiger partial charge on any atom is -0.379 e. The zero-order valence-corrected chi connectivity index (χ0v) is 11.4. The lowest BCUT2D eigenvalue weighted by atomic mass is 10.0. The van der Waals surface area contributed by atoms with Gasteiger partial charge >= 0.3 is 0 Å². The molecule has 20 heavy (non-hydrogen) atoms. The van der Waals surface area contributed by atoms with E-state index < -0.39 is 0 Å². The first kappa shape index (κ1) is 13.7. The number of hydrogen-bond acceptors (Lipinski definition) is 5. The number of amidine groups is 1. The van der Waals surface area contributed by atoms with Gasteiger partial charge in [-0.3, -0.25) is 0 Å². The Bertz CT molecular complexity index is 627. The molecule has 0 spiro atoms. The van der Waals surface area contributed by atoms with E-state index in [1.54, 1.807) is 6.21 Å². The van der Waals surface area contributed by atoms with Crippen molar-refractivity contribution < 1.29 is 9.73 Å². The van der Waals surface area contributed by atoms with Crippen LogP contribution in [0.3, 0.4) is 0 Å². The number of nitrogens with two attached hydrogens (primary N) is 2. The molecule has 0 unspecified atom stereocenters. The SMILES string of the molecule is CC(C)c1ccc(C=[NH+]N=C(N)c2nonc2N)cc1. The maximum absolute atomic E-state index is 5.69. The third-order valence-corrected chi connectivity index (χ3v) is 2.78. The van der Waals surface area contributed by atoms with E-state index in [0.717, 1.165) is 5.56 Å². The second-order valence-corrected chi connectivity index (χ2v) is 4.59. The second-order valence-electron chi connectivity index (χ2n) is 4.59. The first-order valence-corrected chi connectivity index (χ1v) is 6.18. The van der Waals surface area contributed by atoms with Crippen molar-refractivity contribution in [2.75, 3.05) is 5.73 Å². The summed E-state index contributed by atoms with van der Waals surface area (Å²) in [5.74, 6) is 0.724. The molecule has 1 aromatic carbocycles. The average molecular weight is 273 g/mol. The number of hydrogen-bond donors (Lipinski definition) is 3. The zero-order valence-electron chi connectivity index (χ0n) is 11.4. The van der Waals surface area contributed by atoms with Gasteiger partial charge in [0.25, 0.3) is 0 Å². The Morgan fingerprint density at radius 2 is 2.00 bits per heavy atom. The summed E-state index contributed by atoms with van der Waals surface area (Å²) in [6.45, 7) is 4.30. The number of hydrazone groups is 1. The lowest BCUT2D eigenvalue weighted by Crippen LogP contribution is -2.63. The molecule has 5 N–H and O–H groups in total. The summed E-state index contributed by atoms with van der Waals surface area (Å²) >= 11 is 0. The number of aromatic nitrogens is 2. The number of rotatable bonds is 4. The molecule has 1 aromatic heterocycles. The molecule has 0 saturated carbocycles. The van der Waals surface area contributed by atoms with Gasteiger partial charge in [-0.15, -0.1) is 5.10 Å². The Morgan fingerprint density at radius 3 is 2.55 bits per heavy atom. The van der Waals surface area contributed by atoms with Crippen LogP contribution in [-0.4, -0.2) is 22.4 Å². The van der Waals surface area contributed by atoms with E-state index in [2.05, 4.69) is 51.1 Å². The van der Waals surface area contributed by atoms with Gasteiger partial charge in [0.2, 0.25) is 12.1 Å². The first-order valence-electron chi connectivity index (χ1n) is 6.18. The highest BCUT2D eigenvalue weighted by molar-refractivity contribution is 5.98. The Labute approximate surface area is 116 Å². The van der Waals surface area contributed by atoms with Crippen LogP contribution in [-0.2, 0) is 0 Å². The molecular formula is C13H17N6O+. The monoisotopic (exact) mass is 273 g/mol. The summed E-state index contributed by atoms with van der Waals surface area (Å²) in [5.41, 5.74) is 13.7. The molecule has 7 heteroatoms. The Kier molecular flexibility index (Phi) is 4.09. The van der Waals surface area contributed by atoms with E-state index in [-0.39, 0.29) is 17.3 Å². The van der Waals surface area contributed by atoms with E-state index in [4.69, 9.17) is 11.5 Å². The average Bonchev–Trinajstić information content (AvgIpc) is 2.85. The van der Waals surface area contributed by atoms with Crippen LogP contribution in [0.25, 0.3) is 0 Å². The highest BCUT2D eigenvalue weighted by atomic mass is 16.6. The van der Waals surface area contributed by atoms with Gasteiger partial charge in [-0.05, 0) is 33.9 Å². The number of benzene rings is 1. The van der Waals surface area contributed by atoms with Gasteiger partial charge in [-0.1, -0.05) is 26.0 Å². The number of nitrogens with one attached hydrogen (secondary N) is 1. The molecule has 7 nitrogen and oxygen atoms in total.